The van der Waals surface area contributed by atoms with E-state index in [2.05, 4.69) is 14.7 Å². The van der Waals surface area contributed by atoms with Crippen molar-refractivity contribution in [3.63, 3.8) is 0 Å². The molecule has 1 aromatic rings. The Balaban J connectivity index is 2.30. The summed E-state index contributed by atoms with van der Waals surface area (Å²) in [5.41, 5.74) is 5.31. The number of halogens is 3. The Morgan fingerprint density at radius 2 is 1.81 bits per heavy atom. The SMILES string of the molecule is NCCCCCCc1nc(C(F)(F)F)no1. The quantitative estimate of drug-likeness (QED) is 0.770. The smallest absolute Gasteiger partial charge is 0.339 e. The summed E-state index contributed by atoms with van der Waals surface area (Å²) in [4.78, 5) is 3.27. The summed E-state index contributed by atoms with van der Waals surface area (Å²) in [6.07, 6.45) is -0.607. The second-order valence-corrected chi connectivity index (χ2v) is 3.46. The van der Waals surface area contributed by atoms with Crippen LogP contribution in [-0.2, 0) is 12.6 Å². The first-order valence-electron chi connectivity index (χ1n) is 5.14. The fraction of sp³-hybridized carbons (Fsp3) is 0.778. The van der Waals surface area contributed by atoms with E-state index in [4.69, 9.17) is 5.73 Å². The highest BCUT2D eigenvalue weighted by Gasteiger charge is 2.37. The number of unbranched alkanes of at least 4 members (excludes halogenated alkanes) is 3. The van der Waals surface area contributed by atoms with Crippen molar-refractivity contribution < 1.29 is 17.7 Å². The zero-order valence-corrected chi connectivity index (χ0v) is 8.76. The van der Waals surface area contributed by atoms with Crippen molar-refractivity contribution in [1.29, 1.82) is 0 Å². The summed E-state index contributed by atoms with van der Waals surface area (Å²) in [5.74, 6) is -1.16. The normalized spacial score (nSPS) is 12.0. The first kappa shape index (κ1) is 13.0. The maximum absolute atomic E-state index is 12.1. The van der Waals surface area contributed by atoms with Gasteiger partial charge in [-0.3, -0.25) is 0 Å². The number of nitrogens with two attached hydrogens (primary N) is 1. The van der Waals surface area contributed by atoms with Gasteiger partial charge < -0.3 is 10.3 Å². The fourth-order valence-corrected chi connectivity index (χ4v) is 1.25. The minimum absolute atomic E-state index is 0.0417. The average Bonchev–Trinajstić information content (AvgIpc) is 2.65. The van der Waals surface area contributed by atoms with Gasteiger partial charge in [-0.1, -0.05) is 18.0 Å². The molecule has 2 N–H and O–H groups in total. The van der Waals surface area contributed by atoms with E-state index in [9.17, 15) is 13.2 Å². The van der Waals surface area contributed by atoms with Gasteiger partial charge in [0.1, 0.15) is 0 Å². The monoisotopic (exact) mass is 237 g/mol. The molecule has 0 bridgehead atoms. The van der Waals surface area contributed by atoms with Crippen LogP contribution in [0.3, 0.4) is 0 Å². The molecule has 4 nitrogen and oxygen atoms in total. The van der Waals surface area contributed by atoms with Crippen molar-refractivity contribution in [3.8, 4) is 0 Å². The zero-order valence-electron chi connectivity index (χ0n) is 8.76. The van der Waals surface area contributed by atoms with Gasteiger partial charge in [0.05, 0.1) is 0 Å². The van der Waals surface area contributed by atoms with E-state index in [0.717, 1.165) is 25.7 Å². The molecule has 0 atom stereocenters. The van der Waals surface area contributed by atoms with Crippen molar-refractivity contribution in [1.82, 2.24) is 10.1 Å². The molecule has 0 aliphatic rings. The second-order valence-electron chi connectivity index (χ2n) is 3.46. The molecule has 0 saturated heterocycles. The first-order valence-corrected chi connectivity index (χ1v) is 5.14. The van der Waals surface area contributed by atoms with Crippen LogP contribution in [0.4, 0.5) is 13.2 Å². The van der Waals surface area contributed by atoms with E-state index in [1.165, 1.54) is 0 Å². The van der Waals surface area contributed by atoms with Crippen LogP contribution >= 0.6 is 0 Å². The lowest BCUT2D eigenvalue weighted by molar-refractivity contribution is -0.146. The third kappa shape index (κ3) is 4.18. The number of nitrogens with zero attached hydrogens (tertiary/aromatic N) is 2. The molecule has 1 aromatic heterocycles. The van der Waals surface area contributed by atoms with Crippen LogP contribution in [0.1, 0.15) is 37.4 Å². The van der Waals surface area contributed by atoms with E-state index in [-0.39, 0.29) is 5.89 Å². The van der Waals surface area contributed by atoms with Gasteiger partial charge in [0.15, 0.2) is 0 Å². The van der Waals surface area contributed by atoms with Gasteiger partial charge in [-0.25, -0.2) is 0 Å². The topological polar surface area (TPSA) is 64.9 Å². The minimum atomic E-state index is -4.53. The second kappa shape index (κ2) is 5.83. The van der Waals surface area contributed by atoms with E-state index in [0.29, 0.717) is 13.0 Å². The van der Waals surface area contributed by atoms with Crippen LogP contribution in [0.2, 0.25) is 0 Å². The summed E-state index contributed by atoms with van der Waals surface area (Å²) in [6, 6.07) is 0. The standard InChI is InChI=1S/C9H14F3N3O/c10-9(11,12)8-14-7(16-15-8)5-3-1-2-4-6-13/h1-6,13H2. The number of aryl methyl sites for hydroxylation is 1. The molecule has 16 heavy (non-hydrogen) atoms. The molecule has 0 saturated carbocycles. The lowest BCUT2D eigenvalue weighted by atomic mass is 10.1. The Labute approximate surface area is 91.0 Å². The lowest BCUT2D eigenvalue weighted by Crippen LogP contribution is -2.07. The van der Waals surface area contributed by atoms with Crippen LogP contribution in [0.25, 0.3) is 0 Å². The summed E-state index contributed by atoms with van der Waals surface area (Å²) >= 11 is 0. The number of rotatable bonds is 6. The molecule has 0 unspecified atom stereocenters. The van der Waals surface area contributed by atoms with Crippen LogP contribution in [0, 0.1) is 0 Å². The molecular weight excluding hydrogens is 223 g/mol. The molecule has 92 valence electrons. The molecule has 0 aliphatic carbocycles. The zero-order chi connectivity index (χ0) is 12.0. The van der Waals surface area contributed by atoms with Crippen molar-refractivity contribution >= 4 is 0 Å². The predicted molar refractivity (Wildman–Crippen MR) is 50.5 cm³/mol. The van der Waals surface area contributed by atoms with Crippen molar-refractivity contribution in [2.24, 2.45) is 5.73 Å². The number of hydrogen-bond donors (Lipinski definition) is 1. The van der Waals surface area contributed by atoms with Gasteiger partial charge in [0, 0.05) is 6.42 Å². The van der Waals surface area contributed by atoms with E-state index < -0.39 is 12.0 Å². The highest BCUT2D eigenvalue weighted by atomic mass is 19.4. The van der Waals surface area contributed by atoms with Gasteiger partial charge in [-0.15, -0.1) is 0 Å². The van der Waals surface area contributed by atoms with Gasteiger partial charge >= 0.3 is 6.18 Å². The average molecular weight is 237 g/mol. The summed E-state index contributed by atoms with van der Waals surface area (Å²) < 4.78 is 40.8. The number of hydrogen-bond acceptors (Lipinski definition) is 4. The molecule has 7 heteroatoms. The maximum Gasteiger partial charge on any atom is 0.455 e. The minimum Gasteiger partial charge on any atom is -0.339 e. The summed E-state index contributed by atoms with van der Waals surface area (Å²) in [6.45, 7) is 0.638. The van der Waals surface area contributed by atoms with E-state index in [1.807, 2.05) is 0 Å². The summed E-state index contributed by atoms with van der Waals surface area (Å²) in [7, 11) is 0. The third-order valence-electron chi connectivity index (χ3n) is 2.07. The highest BCUT2D eigenvalue weighted by Crippen LogP contribution is 2.26. The van der Waals surface area contributed by atoms with E-state index >= 15 is 0 Å². The molecule has 0 radical (unpaired) electrons. The van der Waals surface area contributed by atoms with Crippen molar-refractivity contribution in [3.05, 3.63) is 11.7 Å². The Hall–Kier alpha value is -1.11. The molecular formula is C9H14F3N3O. The van der Waals surface area contributed by atoms with Gasteiger partial charge in [0.25, 0.3) is 5.82 Å². The molecule has 0 aliphatic heterocycles. The molecule has 0 amide bonds. The Morgan fingerprint density at radius 3 is 2.38 bits per heavy atom. The van der Waals surface area contributed by atoms with Crippen LogP contribution in [0.5, 0.6) is 0 Å². The van der Waals surface area contributed by atoms with Gasteiger partial charge in [-0.2, -0.15) is 18.2 Å². The molecule has 1 heterocycles. The summed E-state index contributed by atoms with van der Waals surface area (Å²) in [5, 5.41) is 2.87. The lowest BCUT2D eigenvalue weighted by Gasteiger charge is -1.97. The Morgan fingerprint density at radius 1 is 1.12 bits per heavy atom. The molecule has 1 rings (SSSR count). The van der Waals surface area contributed by atoms with Crippen LogP contribution in [-0.4, -0.2) is 16.7 Å². The Kier molecular flexibility index (Phi) is 4.72. The Bertz CT molecular complexity index is 311. The molecule has 0 fully saturated rings. The van der Waals surface area contributed by atoms with Crippen LogP contribution in [0.15, 0.2) is 4.52 Å². The fourth-order valence-electron chi connectivity index (χ4n) is 1.25. The molecule has 0 aromatic carbocycles. The predicted octanol–water partition coefficient (Wildman–Crippen LogP) is 2.15. The highest BCUT2D eigenvalue weighted by molar-refractivity contribution is 4.90. The third-order valence-corrected chi connectivity index (χ3v) is 2.07. The van der Waals surface area contributed by atoms with Crippen molar-refractivity contribution in [2.75, 3.05) is 6.54 Å². The first-order chi connectivity index (χ1) is 7.54. The van der Waals surface area contributed by atoms with Gasteiger partial charge in [0.2, 0.25) is 5.89 Å². The number of alkyl halides is 3. The maximum atomic E-state index is 12.1. The largest absolute Gasteiger partial charge is 0.455 e. The molecule has 0 spiro atoms. The number of aromatic nitrogens is 2. The van der Waals surface area contributed by atoms with Crippen molar-refractivity contribution in [2.45, 2.75) is 38.3 Å². The van der Waals surface area contributed by atoms with Gasteiger partial charge in [-0.05, 0) is 19.4 Å². The van der Waals surface area contributed by atoms with Crippen LogP contribution < -0.4 is 5.73 Å². The van der Waals surface area contributed by atoms with E-state index in [1.54, 1.807) is 0 Å².